The molecule has 10 rings (SSSR count). The monoisotopic (exact) mass is 663 g/mol. The zero-order valence-electron chi connectivity index (χ0n) is 28.4. The summed E-state index contributed by atoms with van der Waals surface area (Å²) in [5.41, 5.74) is 12.3. The van der Waals surface area contributed by atoms with E-state index in [1.54, 1.807) is 0 Å². The van der Waals surface area contributed by atoms with Gasteiger partial charge in [-0.05, 0) is 104 Å². The third-order valence-electron chi connectivity index (χ3n) is 10.3. The SMILES string of the molecule is c1ccc(-c2cccc(N(c3ccc(-c4ccc5oc6c7ccccc7ccc6c5c4)cc3)c3ccc(-c4cccc5ccccc45)cc3)c2)cc1. The van der Waals surface area contributed by atoms with E-state index in [2.05, 4.69) is 205 Å². The molecule has 0 fully saturated rings. The van der Waals surface area contributed by atoms with Gasteiger partial charge in [0.05, 0.1) is 0 Å². The first-order chi connectivity index (χ1) is 25.8. The van der Waals surface area contributed by atoms with Gasteiger partial charge in [-0.25, -0.2) is 0 Å². The Bertz CT molecular complexity index is 2880. The summed E-state index contributed by atoms with van der Waals surface area (Å²) in [6.07, 6.45) is 0. The Morgan fingerprint density at radius 1 is 0.308 bits per heavy atom. The van der Waals surface area contributed by atoms with E-state index in [9.17, 15) is 0 Å². The molecular weight excluding hydrogens is 631 g/mol. The molecule has 0 aliphatic rings. The fourth-order valence-electron chi connectivity index (χ4n) is 7.66. The summed E-state index contributed by atoms with van der Waals surface area (Å²) in [5, 5.41) is 7.11. The summed E-state index contributed by atoms with van der Waals surface area (Å²) < 4.78 is 6.40. The van der Waals surface area contributed by atoms with Crippen LogP contribution in [-0.2, 0) is 0 Å². The Hall–Kier alpha value is -6.90. The number of nitrogens with zero attached hydrogens (tertiary/aromatic N) is 1. The first-order valence-electron chi connectivity index (χ1n) is 17.8. The minimum Gasteiger partial charge on any atom is -0.455 e. The first kappa shape index (κ1) is 30.0. The van der Waals surface area contributed by atoms with Crippen LogP contribution < -0.4 is 4.90 Å². The number of fused-ring (bicyclic) bond motifs is 6. The van der Waals surface area contributed by atoms with E-state index in [4.69, 9.17) is 4.42 Å². The molecule has 0 bridgehead atoms. The van der Waals surface area contributed by atoms with Crippen molar-refractivity contribution in [1.82, 2.24) is 0 Å². The Morgan fingerprint density at radius 2 is 0.885 bits per heavy atom. The second-order valence-electron chi connectivity index (χ2n) is 13.3. The Kier molecular flexibility index (Phi) is 7.18. The van der Waals surface area contributed by atoms with Crippen LogP contribution in [0.5, 0.6) is 0 Å². The van der Waals surface area contributed by atoms with E-state index in [1.165, 1.54) is 38.4 Å². The van der Waals surface area contributed by atoms with Gasteiger partial charge >= 0.3 is 0 Å². The molecule has 0 spiro atoms. The van der Waals surface area contributed by atoms with Gasteiger partial charge in [-0.2, -0.15) is 0 Å². The summed E-state index contributed by atoms with van der Waals surface area (Å²) >= 11 is 0. The van der Waals surface area contributed by atoms with E-state index in [0.29, 0.717) is 0 Å². The predicted molar refractivity (Wildman–Crippen MR) is 220 cm³/mol. The van der Waals surface area contributed by atoms with Crippen LogP contribution in [0.1, 0.15) is 0 Å². The number of benzene rings is 9. The lowest BCUT2D eigenvalue weighted by Crippen LogP contribution is -2.10. The third-order valence-corrected chi connectivity index (χ3v) is 10.3. The predicted octanol–water partition coefficient (Wildman–Crippen LogP) is 14.4. The Labute approximate surface area is 302 Å². The van der Waals surface area contributed by atoms with Gasteiger partial charge in [0, 0.05) is 33.2 Å². The van der Waals surface area contributed by atoms with Crippen molar-refractivity contribution in [3.63, 3.8) is 0 Å². The number of furan rings is 1. The van der Waals surface area contributed by atoms with E-state index in [-0.39, 0.29) is 0 Å². The quantitative estimate of drug-likeness (QED) is 0.176. The highest BCUT2D eigenvalue weighted by atomic mass is 16.3. The molecule has 9 aromatic carbocycles. The molecule has 2 nitrogen and oxygen atoms in total. The molecule has 244 valence electrons. The fourth-order valence-corrected chi connectivity index (χ4v) is 7.66. The summed E-state index contributed by atoms with van der Waals surface area (Å²) in [5.74, 6) is 0. The van der Waals surface area contributed by atoms with Gasteiger partial charge in [-0.3, -0.25) is 0 Å². The van der Waals surface area contributed by atoms with Crippen molar-refractivity contribution in [3.05, 3.63) is 200 Å². The minimum atomic E-state index is 0.906. The van der Waals surface area contributed by atoms with Crippen LogP contribution in [0.2, 0.25) is 0 Å². The van der Waals surface area contributed by atoms with Gasteiger partial charge in [0.15, 0.2) is 0 Å². The standard InChI is InChI=1S/C50H33NO/c1-2-10-34(11-3-1)39-15-8-16-43(32-39)51(42-28-22-38(23-29-42)45-19-9-14-36-12-4-6-17-44(36)45)41-26-20-35(21-27-41)40-25-31-49-48(33-40)47-30-24-37-13-5-7-18-46(37)50(47)52-49/h1-33H. The van der Waals surface area contributed by atoms with Gasteiger partial charge in [0.1, 0.15) is 11.2 Å². The lowest BCUT2D eigenvalue weighted by atomic mass is 9.98. The topological polar surface area (TPSA) is 16.4 Å². The fraction of sp³-hybridized carbons (Fsp3) is 0. The van der Waals surface area contributed by atoms with Crippen molar-refractivity contribution in [2.45, 2.75) is 0 Å². The van der Waals surface area contributed by atoms with Crippen LogP contribution in [0.15, 0.2) is 205 Å². The maximum absolute atomic E-state index is 6.40. The first-order valence-corrected chi connectivity index (χ1v) is 17.8. The highest BCUT2D eigenvalue weighted by molar-refractivity contribution is 6.15. The van der Waals surface area contributed by atoms with E-state index in [0.717, 1.165) is 55.5 Å². The van der Waals surface area contributed by atoms with Crippen LogP contribution in [0, 0.1) is 0 Å². The molecule has 0 atom stereocenters. The van der Waals surface area contributed by atoms with Gasteiger partial charge in [0.2, 0.25) is 0 Å². The molecule has 0 N–H and O–H groups in total. The Morgan fingerprint density at radius 3 is 1.67 bits per heavy atom. The number of anilines is 3. The van der Waals surface area contributed by atoms with Gasteiger partial charge in [-0.1, -0.05) is 146 Å². The molecule has 0 saturated carbocycles. The van der Waals surface area contributed by atoms with Crippen molar-refractivity contribution in [3.8, 4) is 33.4 Å². The maximum Gasteiger partial charge on any atom is 0.143 e. The number of hydrogen-bond acceptors (Lipinski definition) is 2. The molecule has 52 heavy (non-hydrogen) atoms. The number of rotatable bonds is 6. The molecule has 0 unspecified atom stereocenters. The maximum atomic E-state index is 6.40. The van der Waals surface area contributed by atoms with Crippen LogP contribution in [0.25, 0.3) is 76.9 Å². The van der Waals surface area contributed by atoms with E-state index < -0.39 is 0 Å². The third kappa shape index (κ3) is 5.21. The zero-order chi connectivity index (χ0) is 34.4. The largest absolute Gasteiger partial charge is 0.455 e. The van der Waals surface area contributed by atoms with Crippen molar-refractivity contribution in [2.75, 3.05) is 4.90 Å². The molecule has 0 radical (unpaired) electrons. The lowest BCUT2D eigenvalue weighted by molar-refractivity contribution is 0.672. The van der Waals surface area contributed by atoms with Crippen molar-refractivity contribution in [2.24, 2.45) is 0 Å². The van der Waals surface area contributed by atoms with Crippen molar-refractivity contribution >= 4 is 60.5 Å². The summed E-state index contributed by atoms with van der Waals surface area (Å²) in [4.78, 5) is 2.35. The van der Waals surface area contributed by atoms with E-state index in [1.807, 2.05) is 0 Å². The second kappa shape index (κ2) is 12.5. The number of hydrogen-bond donors (Lipinski definition) is 0. The summed E-state index contributed by atoms with van der Waals surface area (Å²) in [6, 6.07) is 71.7. The summed E-state index contributed by atoms with van der Waals surface area (Å²) in [6.45, 7) is 0. The average Bonchev–Trinajstić information content (AvgIpc) is 3.60. The van der Waals surface area contributed by atoms with E-state index >= 15 is 0 Å². The second-order valence-corrected chi connectivity index (χ2v) is 13.3. The van der Waals surface area contributed by atoms with Gasteiger partial charge in [-0.15, -0.1) is 0 Å². The minimum absolute atomic E-state index is 0.906. The zero-order valence-corrected chi connectivity index (χ0v) is 28.4. The molecule has 0 aliphatic heterocycles. The molecule has 1 aromatic heterocycles. The highest BCUT2D eigenvalue weighted by Gasteiger charge is 2.16. The molecule has 2 heteroatoms. The van der Waals surface area contributed by atoms with Crippen molar-refractivity contribution in [1.29, 1.82) is 0 Å². The van der Waals surface area contributed by atoms with Crippen molar-refractivity contribution < 1.29 is 4.42 Å². The molecule has 0 saturated heterocycles. The van der Waals surface area contributed by atoms with Crippen LogP contribution >= 0.6 is 0 Å². The van der Waals surface area contributed by atoms with Crippen LogP contribution in [0.3, 0.4) is 0 Å². The Balaban J connectivity index is 1.05. The lowest BCUT2D eigenvalue weighted by Gasteiger charge is -2.26. The molecule has 0 aliphatic carbocycles. The summed E-state index contributed by atoms with van der Waals surface area (Å²) in [7, 11) is 0. The average molecular weight is 664 g/mol. The molecule has 1 heterocycles. The van der Waals surface area contributed by atoms with Crippen LogP contribution in [-0.4, -0.2) is 0 Å². The molecule has 10 aromatic rings. The van der Waals surface area contributed by atoms with Gasteiger partial charge in [0.25, 0.3) is 0 Å². The highest BCUT2D eigenvalue weighted by Crippen LogP contribution is 2.40. The van der Waals surface area contributed by atoms with Gasteiger partial charge < -0.3 is 9.32 Å². The molecule has 0 amide bonds. The van der Waals surface area contributed by atoms with Crippen LogP contribution in [0.4, 0.5) is 17.1 Å². The normalized spacial score (nSPS) is 11.5. The molecular formula is C50H33NO. The smallest absolute Gasteiger partial charge is 0.143 e.